The summed E-state index contributed by atoms with van der Waals surface area (Å²) >= 11 is 12.2. The summed E-state index contributed by atoms with van der Waals surface area (Å²) < 4.78 is 5.37. The molecule has 2 aromatic carbocycles. The minimum absolute atomic E-state index is 0.0619. The van der Waals surface area contributed by atoms with Crippen LogP contribution in [0.2, 0.25) is 10.0 Å². The van der Waals surface area contributed by atoms with E-state index in [1.165, 1.54) is 0 Å². The van der Waals surface area contributed by atoms with Crippen molar-refractivity contribution in [3.8, 4) is 0 Å². The van der Waals surface area contributed by atoms with Crippen LogP contribution in [0.3, 0.4) is 0 Å². The van der Waals surface area contributed by atoms with Crippen LogP contribution in [0.15, 0.2) is 60.7 Å². The van der Waals surface area contributed by atoms with Crippen molar-refractivity contribution >= 4 is 40.9 Å². The average Bonchev–Trinajstić information content (AvgIpc) is 3.17. The standard InChI is InChI=1S/C24H23Cl2NO2/c1-16-12-19-15-29-23(28)24(19,13-16)14-17-7-9-20(10-8-17)27-11-3-5-18-4-2-6-21(25)22(18)26/h2-10,19,27H,1,11-15H2/b5-3+. The van der Waals surface area contributed by atoms with Crippen LogP contribution in [0.1, 0.15) is 24.0 Å². The van der Waals surface area contributed by atoms with Crippen LogP contribution in [0, 0.1) is 11.3 Å². The number of fused-ring (bicyclic) bond motifs is 1. The van der Waals surface area contributed by atoms with E-state index in [4.69, 9.17) is 27.9 Å². The fraction of sp³-hybridized carbons (Fsp3) is 0.292. The molecule has 2 aromatic rings. The van der Waals surface area contributed by atoms with E-state index < -0.39 is 5.41 Å². The molecule has 0 bridgehead atoms. The number of hydrogen-bond donors (Lipinski definition) is 1. The number of hydrogen-bond acceptors (Lipinski definition) is 3. The number of esters is 1. The number of ether oxygens (including phenoxy) is 1. The van der Waals surface area contributed by atoms with E-state index in [-0.39, 0.29) is 11.9 Å². The molecule has 4 rings (SSSR count). The second-order valence-corrected chi connectivity index (χ2v) is 8.67. The number of benzene rings is 2. The smallest absolute Gasteiger partial charge is 0.313 e. The molecular weight excluding hydrogens is 405 g/mol. The molecule has 2 atom stereocenters. The fourth-order valence-electron chi connectivity index (χ4n) is 4.38. The molecule has 0 amide bonds. The van der Waals surface area contributed by atoms with Gasteiger partial charge in [-0.25, -0.2) is 0 Å². The summed E-state index contributed by atoms with van der Waals surface area (Å²) in [7, 11) is 0. The van der Waals surface area contributed by atoms with Crippen molar-refractivity contribution in [2.45, 2.75) is 19.3 Å². The molecule has 29 heavy (non-hydrogen) atoms. The van der Waals surface area contributed by atoms with Gasteiger partial charge in [-0.3, -0.25) is 4.79 Å². The zero-order valence-electron chi connectivity index (χ0n) is 16.1. The van der Waals surface area contributed by atoms with Crippen LogP contribution in [-0.2, 0) is 16.0 Å². The van der Waals surface area contributed by atoms with Crippen LogP contribution in [-0.4, -0.2) is 19.1 Å². The molecule has 0 radical (unpaired) electrons. The van der Waals surface area contributed by atoms with E-state index in [0.29, 0.717) is 29.6 Å². The monoisotopic (exact) mass is 427 g/mol. The minimum Gasteiger partial charge on any atom is -0.465 e. The summed E-state index contributed by atoms with van der Waals surface area (Å²) in [4.78, 5) is 12.4. The van der Waals surface area contributed by atoms with E-state index in [0.717, 1.165) is 35.2 Å². The number of cyclic esters (lactones) is 1. The third-order valence-corrected chi connectivity index (χ3v) is 6.71. The van der Waals surface area contributed by atoms with Gasteiger partial charge in [0.25, 0.3) is 0 Å². The minimum atomic E-state index is -0.412. The van der Waals surface area contributed by atoms with Crippen molar-refractivity contribution in [2.75, 3.05) is 18.5 Å². The number of nitrogens with one attached hydrogen (secondary N) is 1. The third kappa shape index (κ3) is 4.08. The van der Waals surface area contributed by atoms with Crippen LogP contribution in [0.5, 0.6) is 0 Å². The molecule has 1 saturated heterocycles. The second-order valence-electron chi connectivity index (χ2n) is 7.88. The first-order chi connectivity index (χ1) is 14.0. The average molecular weight is 428 g/mol. The molecule has 1 saturated carbocycles. The third-order valence-electron chi connectivity index (χ3n) is 5.88. The number of carbonyl (C=O) groups is 1. The molecule has 150 valence electrons. The Morgan fingerprint density at radius 1 is 1.21 bits per heavy atom. The highest BCUT2D eigenvalue weighted by Crippen LogP contribution is 2.52. The number of rotatable bonds is 6. The summed E-state index contributed by atoms with van der Waals surface area (Å²) in [5.41, 5.74) is 3.82. The topological polar surface area (TPSA) is 38.3 Å². The number of carbonyl (C=O) groups excluding carboxylic acids is 1. The van der Waals surface area contributed by atoms with Gasteiger partial charge in [0.15, 0.2) is 0 Å². The summed E-state index contributed by atoms with van der Waals surface area (Å²) in [6.45, 7) is 5.30. The predicted octanol–water partition coefficient (Wildman–Crippen LogP) is 6.17. The highest BCUT2D eigenvalue weighted by Gasteiger charge is 2.55. The van der Waals surface area contributed by atoms with Crippen molar-refractivity contribution in [2.24, 2.45) is 11.3 Å². The molecule has 1 aliphatic heterocycles. The lowest BCUT2D eigenvalue weighted by atomic mass is 9.75. The zero-order valence-corrected chi connectivity index (χ0v) is 17.6. The van der Waals surface area contributed by atoms with Gasteiger partial charge in [-0.1, -0.05) is 71.8 Å². The molecule has 5 heteroatoms. The van der Waals surface area contributed by atoms with Crippen molar-refractivity contribution < 1.29 is 9.53 Å². The van der Waals surface area contributed by atoms with Crippen LogP contribution >= 0.6 is 23.2 Å². The van der Waals surface area contributed by atoms with Crippen molar-refractivity contribution in [1.82, 2.24) is 0 Å². The lowest BCUT2D eigenvalue weighted by Crippen LogP contribution is -2.31. The highest BCUT2D eigenvalue weighted by molar-refractivity contribution is 6.42. The SMILES string of the molecule is C=C1CC2COC(=O)C2(Cc2ccc(NC/C=C/c3cccc(Cl)c3Cl)cc2)C1. The van der Waals surface area contributed by atoms with Crippen molar-refractivity contribution in [1.29, 1.82) is 0 Å². The Morgan fingerprint density at radius 3 is 2.79 bits per heavy atom. The van der Waals surface area contributed by atoms with Crippen LogP contribution in [0.4, 0.5) is 5.69 Å². The quantitative estimate of drug-likeness (QED) is 0.442. The summed E-state index contributed by atoms with van der Waals surface area (Å²) in [6, 6.07) is 13.8. The lowest BCUT2D eigenvalue weighted by molar-refractivity contribution is -0.146. The van der Waals surface area contributed by atoms with Gasteiger partial charge in [0.2, 0.25) is 0 Å². The molecule has 1 N–H and O–H groups in total. The van der Waals surface area contributed by atoms with Gasteiger partial charge >= 0.3 is 5.97 Å². The fourth-order valence-corrected chi connectivity index (χ4v) is 4.75. The molecule has 1 aliphatic carbocycles. The molecular formula is C24H23Cl2NO2. The van der Waals surface area contributed by atoms with Gasteiger partial charge in [-0.05, 0) is 48.6 Å². The highest BCUT2D eigenvalue weighted by atomic mass is 35.5. The molecule has 1 heterocycles. The maximum Gasteiger partial charge on any atom is 0.313 e. The van der Waals surface area contributed by atoms with E-state index in [9.17, 15) is 4.79 Å². The molecule has 0 spiro atoms. The van der Waals surface area contributed by atoms with Crippen LogP contribution in [0.25, 0.3) is 6.08 Å². The van der Waals surface area contributed by atoms with Crippen molar-refractivity contribution in [3.63, 3.8) is 0 Å². The second kappa shape index (κ2) is 8.25. The number of allylic oxidation sites excluding steroid dienone is 1. The Kier molecular flexibility index (Phi) is 5.71. The maximum atomic E-state index is 12.4. The largest absolute Gasteiger partial charge is 0.465 e. The van der Waals surface area contributed by atoms with Gasteiger partial charge in [0, 0.05) is 18.2 Å². The van der Waals surface area contributed by atoms with E-state index >= 15 is 0 Å². The molecule has 3 nitrogen and oxygen atoms in total. The predicted molar refractivity (Wildman–Crippen MR) is 119 cm³/mol. The zero-order chi connectivity index (χ0) is 20.4. The Balaban J connectivity index is 1.36. The van der Waals surface area contributed by atoms with Gasteiger partial charge in [-0.2, -0.15) is 0 Å². The first-order valence-electron chi connectivity index (χ1n) is 9.75. The molecule has 2 unspecified atom stereocenters. The Morgan fingerprint density at radius 2 is 2.00 bits per heavy atom. The first-order valence-corrected chi connectivity index (χ1v) is 10.5. The molecule has 2 aliphatic rings. The molecule has 2 fully saturated rings. The van der Waals surface area contributed by atoms with Gasteiger partial charge < -0.3 is 10.1 Å². The Bertz CT molecular complexity index is 967. The summed E-state index contributed by atoms with van der Waals surface area (Å²) in [6.07, 6.45) is 6.31. The van der Waals surface area contributed by atoms with Gasteiger partial charge in [0.1, 0.15) is 0 Å². The number of anilines is 1. The van der Waals surface area contributed by atoms with Gasteiger partial charge in [0.05, 0.1) is 22.1 Å². The van der Waals surface area contributed by atoms with E-state index in [1.807, 2.05) is 36.4 Å². The lowest BCUT2D eigenvalue weighted by Gasteiger charge is -2.24. The first kappa shape index (κ1) is 20.1. The number of halogens is 2. The van der Waals surface area contributed by atoms with Crippen molar-refractivity contribution in [3.05, 3.63) is 81.9 Å². The maximum absolute atomic E-state index is 12.4. The van der Waals surface area contributed by atoms with E-state index in [1.54, 1.807) is 6.07 Å². The summed E-state index contributed by atoms with van der Waals surface area (Å²) in [5.74, 6) is 0.205. The van der Waals surface area contributed by atoms with E-state index in [2.05, 4.69) is 24.0 Å². The Labute approximate surface area is 181 Å². The Hall–Kier alpha value is -2.23. The molecule has 0 aromatic heterocycles. The normalized spacial score (nSPS) is 23.4. The summed E-state index contributed by atoms with van der Waals surface area (Å²) in [5, 5.41) is 4.48. The van der Waals surface area contributed by atoms with Gasteiger partial charge in [-0.15, -0.1) is 0 Å². The van der Waals surface area contributed by atoms with Crippen LogP contribution < -0.4 is 5.32 Å².